The molecule has 0 radical (unpaired) electrons. The number of nitrogens with one attached hydrogen (secondary N) is 2. The van der Waals surface area contributed by atoms with Crippen molar-refractivity contribution in [2.75, 3.05) is 22.1 Å². The summed E-state index contributed by atoms with van der Waals surface area (Å²) in [7, 11) is 0. The highest BCUT2D eigenvalue weighted by Gasteiger charge is 2.11. The molecule has 0 unspecified atom stereocenters. The zero-order valence-corrected chi connectivity index (χ0v) is 19.8. The summed E-state index contributed by atoms with van der Waals surface area (Å²) >= 11 is 0. The number of benzene rings is 3. The van der Waals surface area contributed by atoms with Gasteiger partial charge in [-0.25, -0.2) is 0 Å². The molecule has 0 saturated carbocycles. The van der Waals surface area contributed by atoms with Gasteiger partial charge in [-0.1, -0.05) is 0 Å². The quantitative estimate of drug-likeness (QED) is 0.286. The minimum absolute atomic E-state index is 0.257. The lowest BCUT2D eigenvalue weighted by atomic mass is 10.1. The third kappa shape index (κ3) is 4.52. The molecule has 5 aromatic rings. The Morgan fingerprint density at radius 3 is 1.39 bits per heavy atom. The fourth-order valence-electron chi connectivity index (χ4n) is 3.90. The van der Waals surface area contributed by atoms with Crippen molar-refractivity contribution in [2.45, 2.75) is 13.8 Å². The van der Waals surface area contributed by atoms with Crippen LogP contribution in [0.25, 0.3) is 21.8 Å². The van der Waals surface area contributed by atoms with Crippen molar-refractivity contribution in [3.63, 3.8) is 0 Å². The van der Waals surface area contributed by atoms with Crippen molar-refractivity contribution in [3.05, 3.63) is 95.3 Å². The molecule has 0 aliphatic carbocycles. The van der Waals surface area contributed by atoms with E-state index in [4.69, 9.17) is 11.5 Å². The molecule has 0 aliphatic heterocycles. The molecule has 5 rings (SSSR count). The summed E-state index contributed by atoms with van der Waals surface area (Å²) in [4.78, 5) is 34.4. The van der Waals surface area contributed by atoms with Gasteiger partial charge in [0.1, 0.15) is 0 Å². The number of aromatic nitrogens is 2. The third-order valence-electron chi connectivity index (χ3n) is 6.01. The van der Waals surface area contributed by atoms with Gasteiger partial charge in [0.25, 0.3) is 11.8 Å². The van der Waals surface area contributed by atoms with Crippen LogP contribution in [0.5, 0.6) is 0 Å². The Balaban J connectivity index is 1.27. The average Bonchev–Trinajstić information content (AvgIpc) is 2.86. The summed E-state index contributed by atoms with van der Waals surface area (Å²) in [5.74, 6) is -0.515. The molecule has 0 fully saturated rings. The van der Waals surface area contributed by atoms with Gasteiger partial charge in [-0.2, -0.15) is 0 Å². The van der Waals surface area contributed by atoms with Gasteiger partial charge in [-0.05, 0) is 86.6 Å². The van der Waals surface area contributed by atoms with Crippen molar-refractivity contribution in [2.24, 2.45) is 0 Å². The van der Waals surface area contributed by atoms with Crippen LogP contribution < -0.4 is 22.1 Å². The summed E-state index contributed by atoms with van der Waals surface area (Å²) in [5, 5.41) is 7.33. The number of pyridine rings is 2. The first-order valence-electron chi connectivity index (χ1n) is 11.3. The fourth-order valence-corrected chi connectivity index (χ4v) is 3.90. The second-order valence-corrected chi connectivity index (χ2v) is 8.63. The zero-order chi connectivity index (χ0) is 25.4. The molecule has 0 saturated heterocycles. The summed E-state index contributed by atoms with van der Waals surface area (Å²) in [5.41, 5.74) is 18.3. The number of nitrogen functional groups attached to an aromatic ring is 2. The molecule has 178 valence electrons. The Hall–Kier alpha value is -4.98. The molecule has 0 bridgehead atoms. The van der Waals surface area contributed by atoms with E-state index in [-0.39, 0.29) is 11.8 Å². The molecule has 0 atom stereocenters. The number of anilines is 4. The molecule has 2 amide bonds. The molecule has 3 aromatic carbocycles. The van der Waals surface area contributed by atoms with Crippen LogP contribution in [-0.4, -0.2) is 21.8 Å². The van der Waals surface area contributed by atoms with E-state index >= 15 is 0 Å². The van der Waals surface area contributed by atoms with Gasteiger partial charge in [0.2, 0.25) is 0 Å². The van der Waals surface area contributed by atoms with E-state index in [0.717, 1.165) is 33.2 Å². The number of rotatable bonds is 4. The van der Waals surface area contributed by atoms with E-state index in [9.17, 15) is 9.59 Å². The van der Waals surface area contributed by atoms with Gasteiger partial charge >= 0.3 is 0 Å². The van der Waals surface area contributed by atoms with E-state index in [2.05, 4.69) is 20.6 Å². The van der Waals surface area contributed by atoms with Crippen LogP contribution in [0.4, 0.5) is 22.7 Å². The summed E-state index contributed by atoms with van der Waals surface area (Å²) in [6, 6.07) is 21.1. The van der Waals surface area contributed by atoms with Crippen LogP contribution in [0.3, 0.4) is 0 Å². The van der Waals surface area contributed by atoms with Crippen molar-refractivity contribution in [1.82, 2.24) is 9.97 Å². The highest BCUT2D eigenvalue weighted by molar-refractivity contribution is 6.08. The standard InChI is InChI=1S/C28H24N6O2/c1-15-23(29)13-19-11-17(3-9-25(19)31-15)27(35)33-21-5-7-22(8-6-21)34-28(36)18-4-10-26-20(12-18)14-24(30)16(2)32-26/h3-14H,29-30H2,1-2H3,(H,33,35)(H,34,36). The smallest absolute Gasteiger partial charge is 0.255 e. The van der Waals surface area contributed by atoms with E-state index in [1.165, 1.54) is 0 Å². The normalized spacial score (nSPS) is 10.9. The number of fused-ring (bicyclic) bond motifs is 2. The van der Waals surface area contributed by atoms with Crippen LogP contribution >= 0.6 is 0 Å². The lowest BCUT2D eigenvalue weighted by Crippen LogP contribution is -2.13. The summed E-state index contributed by atoms with van der Waals surface area (Å²) in [6.07, 6.45) is 0. The summed E-state index contributed by atoms with van der Waals surface area (Å²) in [6.45, 7) is 3.69. The number of amides is 2. The second kappa shape index (κ2) is 8.99. The fraction of sp³-hybridized carbons (Fsp3) is 0.0714. The number of carbonyl (C=O) groups excluding carboxylic acids is 2. The first-order valence-corrected chi connectivity index (χ1v) is 11.3. The van der Waals surface area contributed by atoms with Crippen LogP contribution in [-0.2, 0) is 0 Å². The first-order chi connectivity index (χ1) is 17.3. The maximum Gasteiger partial charge on any atom is 0.255 e. The third-order valence-corrected chi connectivity index (χ3v) is 6.01. The number of hydrogen-bond donors (Lipinski definition) is 4. The highest BCUT2D eigenvalue weighted by Crippen LogP contribution is 2.22. The largest absolute Gasteiger partial charge is 0.397 e. The number of nitrogens with zero attached hydrogens (tertiary/aromatic N) is 2. The Labute approximate surface area is 207 Å². The van der Waals surface area contributed by atoms with E-state index in [1.54, 1.807) is 60.7 Å². The van der Waals surface area contributed by atoms with Crippen LogP contribution in [0.15, 0.2) is 72.8 Å². The number of aryl methyl sites for hydroxylation is 2. The molecule has 8 heteroatoms. The van der Waals surface area contributed by atoms with Gasteiger partial charge in [-0.15, -0.1) is 0 Å². The van der Waals surface area contributed by atoms with Crippen molar-refractivity contribution < 1.29 is 9.59 Å². The monoisotopic (exact) mass is 476 g/mol. The Morgan fingerprint density at radius 1 is 0.611 bits per heavy atom. The Kier molecular flexibility index (Phi) is 5.69. The van der Waals surface area contributed by atoms with E-state index in [1.807, 2.05) is 26.0 Å². The van der Waals surface area contributed by atoms with Crippen LogP contribution in [0.1, 0.15) is 32.1 Å². The van der Waals surface area contributed by atoms with Gasteiger partial charge in [-0.3, -0.25) is 19.6 Å². The van der Waals surface area contributed by atoms with E-state index < -0.39 is 0 Å². The molecular formula is C28H24N6O2. The minimum atomic E-state index is -0.257. The molecular weight excluding hydrogens is 452 g/mol. The van der Waals surface area contributed by atoms with Crippen LogP contribution in [0, 0.1) is 13.8 Å². The zero-order valence-electron chi connectivity index (χ0n) is 19.8. The van der Waals surface area contributed by atoms with E-state index in [0.29, 0.717) is 33.9 Å². The Morgan fingerprint density at radius 2 is 1.00 bits per heavy atom. The highest BCUT2D eigenvalue weighted by atomic mass is 16.2. The molecule has 6 N–H and O–H groups in total. The topological polar surface area (TPSA) is 136 Å². The maximum absolute atomic E-state index is 12.8. The van der Waals surface area contributed by atoms with Crippen LogP contribution in [0.2, 0.25) is 0 Å². The van der Waals surface area contributed by atoms with Gasteiger partial charge in [0.15, 0.2) is 0 Å². The first kappa shape index (κ1) is 22.8. The SMILES string of the molecule is Cc1nc2ccc(C(=O)Nc3ccc(NC(=O)c4ccc5nc(C)c(N)cc5c4)cc3)cc2cc1N. The number of carbonyl (C=O) groups is 2. The summed E-state index contributed by atoms with van der Waals surface area (Å²) < 4.78 is 0. The second-order valence-electron chi connectivity index (χ2n) is 8.63. The molecule has 8 nitrogen and oxygen atoms in total. The molecule has 36 heavy (non-hydrogen) atoms. The lowest BCUT2D eigenvalue weighted by Gasteiger charge is -2.10. The Bertz CT molecular complexity index is 1540. The molecule has 0 aliphatic rings. The van der Waals surface area contributed by atoms with Crippen molar-refractivity contribution >= 4 is 56.4 Å². The predicted octanol–water partition coefficient (Wildman–Crippen LogP) is 5.07. The lowest BCUT2D eigenvalue weighted by molar-refractivity contribution is 0.101. The molecule has 2 heterocycles. The van der Waals surface area contributed by atoms with Gasteiger partial charge < -0.3 is 22.1 Å². The average molecular weight is 477 g/mol. The predicted molar refractivity (Wildman–Crippen MR) is 144 cm³/mol. The minimum Gasteiger partial charge on any atom is -0.397 e. The number of nitrogens with two attached hydrogens (primary N) is 2. The number of hydrogen-bond acceptors (Lipinski definition) is 6. The van der Waals surface area contributed by atoms with Gasteiger partial charge in [0, 0.05) is 33.3 Å². The molecule has 0 spiro atoms. The maximum atomic E-state index is 12.8. The van der Waals surface area contributed by atoms with Gasteiger partial charge in [0.05, 0.1) is 33.8 Å². The van der Waals surface area contributed by atoms with Crippen molar-refractivity contribution in [3.8, 4) is 0 Å². The van der Waals surface area contributed by atoms with Crippen molar-refractivity contribution in [1.29, 1.82) is 0 Å². The molecule has 2 aromatic heterocycles.